The Balaban J connectivity index is 1.85. The molecular formula is C11H15N5O. The number of H-pyrrole nitrogens is 1. The summed E-state index contributed by atoms with van der Waals surface area (Å²) in [5, 5.41) is 10.6. The van der Waals surface area contributed by atoms with E-state index < -0.39 is 0 Å². The molecule has 3 rings (SSSR count). The highest BCUT2D eigenvalue weighted by Gasteiger charge is 2.22. The average Bonchev–Trinajstić information content (AvgIpc) is 2.98. The third-order valence-electron chi connectivity index (χ3n) is 3.31. The highest BCUT2D eigenvalue weighted by molar-refractivity contribution is 5.65. The maximum Gasteiger partial charge on any atom is 0.263 e. The first kappa shape index (κ1) is 10.3. The average molecular weight is 233 g/mol. The van der Waals surface area contributed by atoms with Gasteiger partial charge < -0.3 is 10.3 Å². The zero-order valence-corrected chi connectivity index (χ0v) is 9.52. The molecule has 0 atom stereocenters. The summed E-state index contributed by atoms with van der Waals surface area (Å²) in [5.41, 5.74) is 6.39. The zero-order chi connectivity index (χ0) is 11.7. The molecule has 1 fully saturated rings. The van der Waals surface area contributed by atoms with Gasteiger partial charge in [-0.25, -0.2) is 0 Å². The van der Waals surface area contributed by atoms with E-state index in [2.05, 4.69) is 20.3 Å². The number of anilines is 1. The third-order valence-corrected chi connectivity index (χ3v) is 3.31. The number of nitrogens with one attached hydrogen (secondary N) is 1. The molecule has 0 spiro atoms. The van der Waals surface area contributed by atoms with Gasteiger partial charge >= 0.3 is 0 Å². The van der Waals surface area contributed by atoms with Gasteiger partial charge in [-0.15, -0.1) is 0 Å². The Labute approximate surface area is 98.6 Å². The predicted octanol–water partition coefficient (Wildman–Crippen LogP) is 2.09. The van der Waals surface area contributed by atoms with E-state index in [1.54, 1.807) is 6.20 Å². The molecule has 0 bridgehead atoms. The van der Waals surface area contributed by atoms with Gasteiger partial charge in [-0.3, -0.25) is 5.10 Å². The summed E-state index contributed by atoms with van der Waals surface area (Å²) in [6.45, 7) is 0. The summed E-state index contributed by atoms with van der Waals surface area (Å²) >= 11 is 0. The minimum absolute atomic E-state index is 0.439. The van der Waals surface area contributed by atoms with Crippen molar-refractivity contribution in [1.82, 2.24) is 20.3 Å². The van der Waals surface area contributed by atoms with Gasteiger partial charge in [0.1, 0.15) is 11.4 Å². The van der Waals surface area contributed by atoms with Crippen LogP contribution in [-0.4, -0.2) is 20.3 Å². The third kappa shape index (κ3) is 1.90. The van der Waals surface area contributed by atoms with Gasteiger partial charge in [0.05, 0.1) is 6.20 Å². The highest BCUT2D eigenvalue weighted by Crippen LogP contribution is 2.32. The van der Waals surface area contributed by atoms with Gasteiger partial charge in [0.25, 0.3) is 5.89 Å². The van der Waals surface area contributed by atoms with Crippen molar-refractivity contribution >= 4 is 5.82 Å². The molecule has 6 nitrogen and oxygen atoms in total. The fraction of sp³-hybridized carbons (Fsp3) is 0.545. The maximum absolute atomic E-state index is 5.71. The fourth-order valence-corrected chi connectivity index (χ4v) is 2.34. The van der Waals surface area contributed by atoms with Gasteiger partial charge in [0, 0.05) is 5.92 Å². The molecule has 90 valence electrons. The SMILES string of the molecule is Nc1[nH]ncc1-c1nc(C2CCCCC2)no1. The molecule has 2 aromatic rings. The number of hydrogen-bond donors (Lipinski definition) is 2. The van der Waals surface area contributed by atoms with Crippen LogP contribution in [0.4, 0.5) is 5.82 Å². The zero-order valence-electron chi connectivity index (χ0n) is 9.52. The van der Waals surface area contributed by atoms with E-state index in [4.69, 9.17) is 10.3 Å². The van der Waals surface area contributed by atoms with Crippen molar-refractivity contribution < 1.29 is 4.52 Å². The Morgan fingerprint density at radius 3 is 2.82 bits per heavy atom. The van der Waals surface area contributed by atoms with Crippen LogP contribution >= 0.6 is 0 Å². The van der Waals surface area contributed by atoms with Crippen LogP contribution in [0.2, 0.25) is 0 Å². The Morgan fingerprint density at radius 2 is 2.12 bits per heavy atom. The molecule has 1 aliphatic carbocycles. The molecule has 0 unspecified atom stereocenters. The van der Waals surface area contributed by atoms with Crippen LogP contribution in [0.3, 0.4) is 0 Å². The lowest BCUT2D eigenvalue weighted by Gasteiger charge is -2.17. The van der Waals surface area contributed by atoms with Crippen LogP contribution in [0.25, 0.3) is 11.5 Å². The number of aromatic nitrogens is 4. The number of nitrogen functional groups attached to an aromatic ring is 1. The predicted molar refractivity (Wildman–Crippen MR) is 62.1 cm³/mol. The monoisotopic (exact) mass is 233 g/mol. The molecule has 0 saturated heterocycles. The van der Waals surface area contributed by atoms with Crippen LogP contribution in [0.1, 0.15) is 43.8 Å². The molecule has 3 N–H and O–H groups in total. The standard InChI is InChI=1S/C11H15N5O/c12-9-8(6-13-15-9)11-14-10(16-17-11)7-4-2-1-3-5-7/h6-7H,1-5H2,(H3,12,13,15). The highest BCUT2D eigenvalue weighted by atomic mass is 16.5. The number of nitrogens with zero attached hydrogens (tertiary/aromatic N) is 3. The summed E-state index contributed by atoms with van der Waals surface area (Å²) in [5.74, 6) is 2.16. The first-order chi connectivity index (χ1) is 8.34. The summed E-state index contributed by atoms with van der Waals surface area (Å²) < 4.78 is 5.24. The van der Waals surface area contributed by atoms with Gasteiger partial charge in [-0.2, -0.15) is 10.1 Å². The molecule has 2 aromatic heterocycles. The number of rotatable bonds is 2. The van der Waals surface area contributed by atoms with Gasteiger partial charge in [0.15, 0.2) is 5.82 Å². The molecule has 0 amide bonds. The van der Waals surface area contributed by atoms with Crippen LogP contribution in [0.5, 0.6) is 0 Å². The van der Waals surface area contributed by atoms with Gasteiger partial charge in [0.2, 0.25) is 0 Å². The summed E-state index contributed by atoms with van der Waals surface area (Å²) in [4.78, 5) is 4.42. The molecule has 6 heteroatoms. The van der Waals surface area contributed by atoms with E-state index in [0.717, 1.165) is 18.7 Å². The van der Waals surface area contributed by atoms with Crippen molar-refractivity contribution in [3.8, 4) is 11.5 Å². The number of aromatic amines is 1. The lowest BCUT2D eigenvalue weighted by atomic mass is 9.89. The van der Waals surface area contributed by atoms with E-state index in [1.165, 1.54) is 19.3 Å². The van der Waals surface area contributed by atoms with E-state index in [-0.39, 0.29) is 0 Å². The topological polar surface area (TPSA) is 93.6 Å². The lowest BCUT2D eigenvalue weighted by Crippen LogP contribution is -2.06. The van der Waals surface area contributed by atoms with Crippen molar-refractivity contribution in [3.05, 3.63) is 12.0 Å². The van der Waals surface area contributed by atoms with Gasteiger partial charge in [-0.1, -0.05) is 24.4 Å². The first-order valence-electron chi connectivity index (χ1n) is 5.97. The molecular weight excluding hydrogens is 218 g/mol. The maximum atomic E-state index is 5.71. The summed E-state index contributed by atoms with van der Waals surface area (Å²) in [6, 6.07) is 0. The van der Waals surface area contributed by atoms with Gasteiger partial charge in [-0.05, 0) is 12.8 Å². The molecule has 0 radical (unpaired) electrons. The quantitative estimate of drug-likeness (QED) is 0.828. The van der Waals surface area contributed by atoms with Crippen molar-refractivity contribution in [2.45, 2.75) is 38.0 Å². The van der Waals surface area contributed by atoms with Crippen molar-refractivity contribution in [2.24, 2.45) is 0 Å². The Bertz CT molecular complexity index is 497. The van der Waals surface area contributed by atoms with Crippen LogP contribution in [-0.2, 0) is 0 Å². The van der Waals surface area contributed by atoms with Crippen molar-refractivity contribution in [2.75, 3.05) is 5.73 Å². The number of hydrogen-bond acceptors (Lipinski definition) is 5. The van der Waals surface area contributed by atoms with E-state index in [0.29, 0.717) is 23.2 Å². The van der Waals surface area contributed by atoms with Crippen LogP contribution in [0.15, 0.2) is 10.7 Å². The van der Waals surface area contributed by atoms with Crippen LogP contribution in [0, 0.1) is 0 Å². The molecule has 2 heterocycles. The molecule has 0 aliphatic heterocycles. The second kappa shape index (κ2) is 4.20. The molecule has 17 heavy (non-hydrogen) atoms. The molecule has 1 saturated carbocycles. The first-order valence-corrected chi connectivity index (χ1v) is 5.97. The smallest absolute Gasteiger partial charge is 0.263 e. The minimum atomic E-state index is 0.439. The van der Waals surface area contributed by atoms with E-state index in [1.807, 2.05) is 0 Å². The lowest BCUT2D eigenvalue weighted by molar-refractivity contribution is 0.385. The molecule has 1 aliphatic rings. The number of nitrogens with two attached hydrogens (primary N) is 1. The van der Waals surface area contributed by atoms with Crippen molar-refractivity contribution in [1.29, 1.82) is 0 Å². The Hall–Kier alpha value is -1.85. The summed E-state index contributed by atoms with van der Waals surface area (Å²) in [6.07, 6.45) is 7.73. The van der Waals surface area contributed by atoms with E-state index in [9.17, 15) is 0 Å². The minimum Gasteiger partial charge on any atom is -0.383 e. The van der Waals surface area contributed by atoms with Crippen LogP contribution < -0.4 is 5.73 Å². The Kier molecular flexibility index (Phi) is 2.55. The fourth-order valence-electron chi connectivity index (χ4n) is 2.34. The molecule has 0 aromatic carbocycles. The second-order valence-electron chi connectivity index (χ2n) is 4.49. The normalized spacial score (nSPS) is 17.4. The van der Waals surface area contributed by atoms with E-state index >= 15 is 0 Å². The Morgan fingerprint density at radius 1 is 1.29 bits per heavy atom. The van der Waals surface area contributed by atoms with Crippen molar-refractivity contribution in [3.63, 3.8) is 0 Å². The second-order valence-corrected chi connectivity index (χ2v) is 4.49. The summed E-state index contributed by atoms with van der Waals surface area (Å²) in [7, 11) is 0. The largest absolute Gasteiger partial charge is 0.383 e.